The number of aromatic nitrogens is 1. The number of fused-ring (bicyclic) bond motifs is 1. The summed E-state index contributed by atoms with van der Waals surface area (Å²) in [7, 11) is 6.64. The number of ether oxygens (including phenoxy) is 4. The van der Waals surface area contributed by atoms with Crippen LogP contribution in [0.4, 0.5) is 0 Å². The minimum Gasteiger partial charge on any atom is -0.493 e. The molecule has 5 heteroatoms. The van der Waals surface area contributed by atoms with E-state index in [-0.39, 0.29) is 0 Å². The minimum absolute atomic E-state index is 0.544. The van der Waals surface area contributed by atoms with Gasteiger partial charge in [-0.15, -0.1) is 0 Å². The largest absolute Gasteiger partial charge is 0.493 e. The fourth-order valence-corrected chi connectivity index (χ4v) is 3.02. The molecule has 0 saturated carbocycles. The van der Waals surface area contributed by atoms with Crippen molar-refractivity contribution in [1.82, 2.24) is 4.98 Å². The number of methoxy groups -OCH3 is 4. The highest BCUT2D eigenvalue weighted by Crippen LogP contribution is 2.33. The molecule has 26 heavy (non-hydrogen) atoms. The number of benzene rings is 2. The Kier molecular flexibility index (Phi) is 5.71. The van der Waals surface area contributed by atoms with Gasteiger partial charge in [0.25, 0.3) is 0 Å². The molecule has 0 spiro atoms. The van der Waals surface area contributed by atoms with Crippen molar-refractivity contribution >= 4 is 10.8 Å². The number of nitrogens with zero attached hydrogens (tertiary/aromatic N) is 1. The van der Waals surface area contributed by atoms with Crippen molar-refractivity contribution in [2.75, 3.05) is 28.4 Å². The van der Waals surface area contributed by atoms with Crippen LogP contribution in [0.2, 0.25) is 0 Å². The maximum atomic E-state index is 5.40. The molecule has 0 aliphatic heterocycles. The van der Waals surface area contributed by atoms with Gasteiger partial charge in [0, 0.05) is 31.4 Å². The third kappa shape index (κ3) is 3.64. The standard InChI is InChI=1S/C21H23NO4/c1-23-12-17-7-15-9-19(22-11-16(15)8-18(17)13-24-2)14-5-6-20(25-3)21(10-14)26-4/h5-11H,12-13H2,1-4H3. The summed E-state index contributed by atoms with van der Waals surface area (Å²) in [4.78, 5) is 4.62. The summed E-state index contributed by atoms with van der Waals surface area (Å²) in [5.74, 6) is 1.38. The molecule has 0 unspecified atom stereocenters. The summed E-state index contributed by atoms with van der Waals surface area (Å²) in [6.45, 7) is 1.09. The molecule has 2 aromatic carbocycles. The molecule has 0 fully saturated rings. The molecule has 136 valence electrons. The molecule has 0 N–H and O–H groups in total. The van der Waals surface area contributed by atoms with Crippen LogP contribution >= 0.6 is 0 Å². The molecule has 0 bridgehead atoms. The van der Waals surface area contributed by atoms with Crippen molar-refractivity contribution in [3.63, 3.8) is 0 Å². The fourth-order valence-electron chi connectivity index (χ4n) is 3.02. The molecule has 3 aromatic rings. The van der Waals surface area contributed by atoms with Crippen LogP contribution in [-0.2, 0) is 22.7 Å². The van der Waals surface area contributed by atoms with E-state index in [0.717, 1.165) is 33.2 Å². The van der Waals surface area contributed by atoms with Gasteiger partial charge in [0.1, 0.15) is 0 Å². The Morgan fingerprint density at radius 3 is 2.00 bits per heavy atom. The van der Waals surface area contributed by atoms with Crippen LogP contribution in [0.25, 0.3) is 22.0 Å². The quantitative estimate of drug-likeness (QED) is 0.637. The van der Waals surface area contributed by atoms with E-state index in [4.69, 9.17) is 18.9 Å². The predicted octanol–water partition coefficient (Wildman–Crippen LogP) is 4.21. The predicted molar refractivity (Wildman–Crippen MR) is 102 cm³/mol. The van der Waals surface area contributed by atoms with Crippen molar-refractivity contribution in [3.8, 4) is 22.8 Å². The first-order valence-electron chi connectivity index (χ1n) is 8.32. The summed E-state index contributed by atoms with van der Waals surface area (Å²) in [5.41, 5.74) is 4.08. The Morgan fingerprint density at radius 1 is 0.731 bits per heavy atom. The summed E-state index contributed by atoms with van der Waals surface area (Å²) < 4.78 is 21.3. The Hall–Kier alpha value is -2.63. The highest BCUT2D eigenvalue weighted by Gasteiger charge is 2.10. The Balaban J connectivity index is 2.07. The van der Waals surface area contributed by atoms with Crippen molar-refractivity contribution < 1.29 is 18.9 Å². The monoisotopic (exact) mass is 353 g/mol. The summed E-state index contributed by atoms with van der Waals surface area (Å²) in [6, 6.07) is 12.1. The van der Waals surface area contributed by atoms with Crippen molar-refractivity contribution in [2.45, 2.75) is 13.2 Å². The highest BCUT2D eigenvalue weighted by atomic mass is 16.5. The van der Waals surface area contributed by atoms with E-state index in [1.807, 2.05) is 24.4 Å². The first-order valence-corrected chi connectivity index (χ1v) is 8.32. The average Bonchev–Trinajstić information content (AvgIpc) is 2.68. The zero-order valence-corrected chi connectivity index (χ0v) is 15.5. The Bertz CT molecular complexity index is 908. The average molecular weight is 353 g/mol. The van der Waals surface area contributed by atoms with Gasteiger partial charge in [-0.05, 0) is 52.9 Å². The van der Waals surface area contributed by atoms with E-state index in [2.05, 4.69) is 23.2 Å². The van der Waals surface area contributed by atoms with Gasteiger partial charge in [0.05, 0.1) is 33.1 Å². The van der Waals surface area contributed by atoms with Gasteiger partial charge in [-0.25, -0.2) is 0 Å². The molecule has 0 amide bonds. The topological polar surface area (TPSA) is 49.8 Å². The van der Waals surface area contributed by atoms with E-state index in [9.17, 15) is 0 Å². The fraction of sp³-hybridized carbons (Fsp3) is 0.286. The first kappa shape index (κ1) is 18.2. The SMILES string of the molecule is COCc1cc2cnc(-c3ccc(OC)c(OC)c3)cc2cc1COC. The molecule has 0 aliphatic carbocycles. The van der Waals surface area contributed by atoms with Gasteiger partial charge >= 0.3 is 0 Å². The molecule has 1 heterocycles. The van der Waals surface area contributed by atoms with E-state index in [0.29, 0.717) is 24.7 Å². The zero-order chi connectivity index (χ0) is 18.5. The lowest BCUT2D eigenvalue weighted by atomic mass is 10.0. The van der Waals surface area contributed by atoms with E-state index < -0.39 is 0 Å². The lowest BCUT2D eigenvalue weighted by Gasteiger charge is -2.12. The highest BCUT2D eigenvalue weighted by molar-refractivity contribution is 5.86. The molecule has 0 radical (unpaired) electrons. The van der Waals surface area contributed by atoms with Crippen LogP contribution in [0.15, 0.2) is 42.6 Å². The number of rotatable bonds is 7. The number of pyridine rings is 1. The van der Waals surface area contributed by atoms with Crippen LogP contribution in [0, 0.1) is 0 Å². The second kappa shape index (κ2) is 8.17. The van der Waals surface area contributed by atoms with Gasteiger partial charge in [-0.1, -0.05) is 0 Å². The second-order valence-electron chi connectivity index (χ2n) is 5.97. The molecule has 0 saturated heterocycles. The summed E-state index contributed by atoms with van der Waals surface area (Å²) >= 11 is 0. The number of hydrogen-bond donors (Lipinski definition) is 0. The van der Waals surface area contributed by atoms with Crippen LogP contribution < -0.4 is 9.47 Å². The van der Waals surface area contributed by atoms with E-state index in [1.54, 1.807) is 28.4 Å². The molecule has 5 nitrogen and oxygen atoms in total. The van der Waals surface area contributed by atoms with Crippen molar-refractivity contribution in [2.24, 2.45) is 0 Å². The molecular formula is C21H23NO4. The van der Waals surface area contributed by atoms with E-state index >= 15 is 0 Å². The molecular weight excluding hydrogens is 330 g/mol. The third-order valence-electron chi connectivity index (χ3n) is 4.32. The van der Waals surface area contributed by atoms with Crippen LogP contribution in [0.5, 0.6) is 11.5 Å². The maximum absolute atomic E-state index is 5.40. The lowest BCUT2D eigenvalue weighted by molar-refractivity contribution is 0.168. The van der Waals surface area contributed by atoms with Crippen LogP contribution in [0.1, 0.15) is 11.1 Å². The van der Waals surface area contributed by atoms with Gasteiger partial charge in [-0.3, -0.25) is 4.98 Å². The minimum atomic E-state index is 0.544. The lowest BCUT2D eigenvalue weighted by Crippen LogP contribution is -1.98. The van der Waals surface area contributed by atoms with Gasteiger partial charge < -0.3 is 18.9 Å². The van der Waals surface area contributed by atoms with Gasteiger partial charge in [0.15, 0.2) is 11.5 Å². The van der Waals surface area contributed by atoms with Crippen molar-refractivity contribution in [1.29, 1.82) is 0 Å². The number of hydrogen-bond acceptors (Lipinski definition) is 5. The summed E-state index contributed by atoms with van der Waals surface area (Å²) in [5, 5.41) is 2.18. The van der Waals surface area contributed by atoms with E-state index in [1.165, 1.54) is 0 Å². The van der Waals surface area contributed by atoms with Crippen LogP contribution in [-0.4, -0.2) is 33.4 Å². The Morgan fingerprint density at radius 2 is 1.38 bits per heavy atom. The first-order chi connectivity index (χ1) is 12.7. The normalized spacial score (nSPS) is 10.9. The van der Waals surface area contributed by atoms with Crippen molar-refractivity contribution in [3.05, 3.63) is 53.7 Å². The van der Waals surface area contributed by atoms with Gasteiger partial charge in [0.2, 0.25) is 0 Å². The molecule has 3 rings (SSSR count). The van der Waals surface area contributed by atoms with Gasteiger partial charge in [-0.2, -0.15) is 0 Å². The molecule has 0 aliphatic rings. The Labute approximate surface area is 153 Å². The zero-order valence-electron chi connectivity index (χ0n) is 15.5. The second-order valence-corrected chi connectivity index (χ2v) is 5.97. The van der Waals surface area contributed by atoms with Crippen LogP contribution in [0.3, 0.4) is 0 Å². The molecule has 0 atom stereocenters. The maximum Gasteiger partial charge on any atom is 0.161 e. The molecule has 1 aromatic heterocycles. The smallest absolute Gasteiger partial charge is 0.161 e. The third-order valence-corrected chi connectivity index (χ3v) is 4.32. The summed E-state index contributed by atoms with van der Waals surface area (Å²) in [6.07, 6.45) is 1.89.